The van der Waals surface area contributed by atoms with E-state index in [2.05, 4.69) is 32.5 Å². The maximum atomic E-state index is 12.8. The second-order valence-corrected chi connectivity index (χ2v) is 9.51. The molecule has 8 nitrogen and oxygen atoms in total. The molecule has 1 saturated heterocycles. The highest BCUT2D eigenvalue weighted by molar-refractivity contribution is 7.13. The summed E-state index contributed by atoms with van der Waals surface area (Å²) in [4.78, 5) is 36.5. The molecule has 2 amide bonds. The zero-order chi connectivity index (χ0) is 21.5. The van der Waals surface area contributed by atoms with E-state index in [0.717, 1.165) is 41.0 Å². The molecule has 1 fully saturated rings. The van der Waals surface area contributed by atoms with Crippen LogP contribution in [0, 0.1) is 0 Å². The van der Waals surface area contributed by atoms with Crippen molar-refractivity contribution >= 4 is 58.1 Å². The summed E-state index contributed by atoms with van der Waals surface area (Å²) < 4.78 is 5.53. The van der Waals surface area contributed by atoms with Crippen LogP contribution in [0.1, 0.15) is 30.9 Å². The predicted octanol–water partition coefficient (Wildman–Crippen LogP) is 2.61. The highest BCUT2D eigenvalue weighted by atomic mass is 35.5. The van der Waals surface area contributed by atoms with Crippen molar-refractivity contribution in [3.63, 3.8) is 0 Å². The lowest BCUT2D eigenvalue weighted by molar-refractivity contribution is 0.0894. The fraction of sp³-hybridized carbons (Fsp3) is 0.381. The number of fused-ring (bicyclic) bond motifs is 2. The Labute approximate surface area is 200 Å². The standard InChI is InChI=1S/C21H22ClN5O3S.ClH/c1-27-5-4-14-18(8-27)31-21(26-14)20(29)25-17-10-30-9-16(17)24-19(28)15-7-11-6-12(22)2-3-13(11)23-15;/h2-3,6-7,16-17,23H,4-5,8-10H2,1H3,(H,24,28)(H,25,29);1H/t16-,17-;/m0./s1. The monoisotopic (exact) mass is 495 g/mol. The van der Waals surface area contributed by atoms with Crippen LogP contribution >= 0.6 is 35.3 Å². The van der Waals surface area contributed by atoms with Crippen LogP contribution in [-0.2, 0) is 17.7 Å². The lowest BCUT2D eigenvalue weighted by atomic mass is 10.1. The van der Waals surface area contributed by atoms with Gasteiger partial charge in [-0.1, -0.05) is 11.6 Å². The molecule has 0 saturated carbocycles. The van der Waals surface area contributed by atoms with Gasteiger partial charge < -0.3 is 25.3 Å². The van der Waals surface area contributed by atoms with Gasteiger partial charge in [-0.2, -0.15) is 0 Å². The lowest BCUT2D eigenvalue weighted by Crippen LogP contribution is -2.51. The van der Waals surface area contributed by atoms with Gasteiger partial charge in [0.1, 0.15) is 5.69 Å². The molecule has 0 aliphatic carbocycles. The Hall–Kier alpha value is -2.17. The van der Waals surface area contributed by atoms with E-state index in [1.165, 1.54) is 11.3 Å². The number of aromatic nitrogens is 2. The molecule has 2 aliphatic rings. The van der Waals surface area contributed by atoms with E-state index in [1.54, 1.807) is 18.2 Å². The zero-order valence-electron chi connectivity index (χ0n) is 17.3. The quantitative estimate of drug-likeness (QED) is 0.516. The average Bonchev–Trinajstić information content (AvgIpc) is 3.45. The van der Waals surface area contributed by atoms with E-state index in [-0.39, 0.29) is 36.3 Å². The largest absolute Gasteiger partial charge is 0.377 e. The maximum Gasteiger partial charge on any atom is 0.280 e. The molecule has 170 valence electrons. The van der Waals surface area contributed by atoms with E-state index in [9.17, 15) is 9.59 Å². The van der Waals surface area contributed by atoms with E-state index < -0.39 is 0 Å². The summed E-state index contributed by atoms with van der Waals surface area (Å²) in [6.07, 6.45) is 0.858. The van der Waals surface area contributed by atoms with Crippen molar-refractivity contribution in [1.82, 2.24) is 25.5 Å². The molecule has 4 heterocycles. The Balaban J connectivity index is 0.00000245. The molecular formula is C21H23Cl2N5O3S. The van der Waals surface area contributed by atoms with Crippen LogP contribution in [0.3, 0.4) is 0 Å². The smallest absolute Gasteiger partial charge is 0.280 e. The third-order valence-corrected chi connectivity index (χ3v) is 6.97. The minimum atomic E-state index is -0.327. The van der Waals surface area contributed by atoms with Gasteiger partial charge in [-0.15, -0.1) is 23.7 Å². The first-order valence-corrected chi connectivity index (χ1v) is 11.3. The number of likely N-dealkylation sites (N-methyl/N-ethyl adjacent to an activating group) is 1. The van der Waals surface area contributed by atoms with Crippen LogP contribution < -0.4 is 10.6 Å². The summed E-state index contributed by atoms with van der Waals surface area (Å²) in [6.45, 7) is 2.44. The van der Waals surface area contributed by atoms with E-state index in [0.29, 0.717) is 28.9 Å². The number of ether oxygens (including phenoxy) is 1. The number of H-pyrrole nitrogens is 1. The van der Waals surface area contributed by atoms with Gasteiger partial charge in [-0.25, -0.2) is 4.98 Å². The normalized spacial score (nSPS) is 20.6. The first kappa shape index (κ1) is 23.0. The number of rotatable bonds is 4. The van der Waals surface area contributed by atoms with Crippen molar-refractivity contribution in [2.75, 3.05) is 26.8 Å². The molecule has 2 atom stereocenters. The minimum absolute atomic E-state index is 0. The van der Waals surface area contributed by atoms with Crippen molar-refractivity contribution in [1.29, 1.82) is 0 Å². The van der Waals surface area contributed by atoms with Gasteiger partial charge in [0, 0.05) is 40.3 Å². The van der Waals surface area contributed by atoms with E-state index in [4.69, 9.17) is 16.3 Å². The first-order chi connectivity index (χ1) is 15.0. The van der Waals surface area contributed by atoms with Crippen molar-refractivity contribution in [3.05, 3.63) is 50.6 Å². The molecule has 0 bridgehead atoms. The molecule has 32 heavy (non-hydrogen) atoms. The SMILES string of the molecule is CN1CCc2nc(C(=O)N[C@H]3COC[C@@H]3NC(=O)c3cc4cc(Cl)ccc4[nH]3)sc2C1.Cl. The Morgan fingerprint density at radius 3 is 2.75 bits per heavy atom. The third-order valence-electron chi connectivity index (χ3n) is 5.66. The number of nitrogens with zero attached hydrogens (tertiary/aromatic N) is 2. The summed E-state index contributed by atoms with van der Waals surface area (Å²) >= 11 is 7.46. The molecule has 11 heteroatoms. The van der Waals surface area contributed by atoms with Gasteiger partial charge in [-0.05, 0) is 31.3 Å². The highest BCUT2D eigenvalue weighted by Crippen LogP contribution is 2.25. The van der Waals surface area contributed by atoms with Gasteiger partial charge in [-0.3, -0.25) is 9.59 Å². The Bertz CT molecular complexity index is 1160. The topological polar surface area (TPSA) is 99.3 Å². The molecule has 3 aromatic rings. The van der Waals surface area contributed by atoms with Crippen molar-refractivity contribution in [2.45, 2.75) is 25.0 Å². The summed E-state index contributed by atoms with van der Waals surface area (Å²) in [5.74, 6) is -0.480. The van der Waals surface area contributed by atoms with Crippen molar-refractivity contribution in [3.8, 4) is 0 Å². The number of halogens is 2. The number of benzene rings is 1. The van der Waals surface area contributed by atoms with Crippen LogP contribution in [0.25, 0.3) is 10.9 Å². The van der Waals surface area contributed by atoms with Gasteiger partial charge in [0.05, 0.1) is 31.0 Å². The number of hydrogen-bond acceptors (Lipinski definition) is 6. The fourth-order valence-electron chi connectivity index (χ4n) is 3.96. The number of nitrogens with one attached hydrogen (secondary N) is 3. The maximum absolute atomic E-state index is 12.8. The molecule has 0 radical (unpaired) electrons. The Morgan fingerprint density at radius 1 is 1.22 bits per heavy atom. The Kier molecular flexibility index (Phi) is 6.73. The van der Waals surface area contributed by atoms with Gasteiger partial charge in [0.2, 0.25) is 0 Å². The number of carbonyl (C=O) groups excluding carboxylic acids is 2. The van der Waals surface area contributed by atoms with Crippen LogP contribution in [0.2, 0.25) is 5.02 Å². The van der Waals surface area contributed by atoms with E-state index >= 15 is 0 Å². The Morgan fingerprint density at radius 2 is 1.97 bits per heavy atom. The molecule has 5 rings (SSSR count). The zero-order valence-corrected chi connectivity index (χ0v) is 19.7. The van der Waals surface area contributed by atoms with Crippen molar-refractivity contribution < 1.29 is 14.3 Å². The number of hydrogen-bond donors (Lipinski definition) is 3. The summed E-state index contributed by atoms with van der Waals surface area (Å²) in [7, 11) is 2.06. The summed E-state index contributed by atoms with van der Waals surface area (Å²) in [6, 6.07) is 6.52. The van der Waals surface area contributed by atoms with E-state index in [1.807, 2.05) is 6.07 Å². The molecule has 2 aliphatic heterocycles. The lowest BCUT2D eigenvalue weighted by Gasteiger charge is -2.20. The van der Waals surface area contributed by atoms with Gasteiger partial charge >= 0.3 is 0 Å². The second kappa shape index (κ2) is 9.36. The second-order valence-electron chi connectivity index (χ2n) is 7.99. The number of carbonyl (C=O) groups is 2. The summed E-state index contributed by atoms with van der Waals surface area (Å²) in [5, 5.41) is 7.89. The summed E-state index contributed by atoms with van der Waals surface area (Å²) in [5.41, 5.74) is 2.28. The van der Waals surface area contributed by atoms with Crippen molar-refractivity contribution in [2.24, 2.45) is 0 Å². The predicted molar refractivity (Wildman–Crippen MR) is 126 cm³/mol. The number of amides is 2. The molecule has 0 spiro atoms. The van der Waals surface area contributed by atoms with Gasteiger partial charge in [0.15, 0.2) is 5.01 Å². The highest BCUT2D eigenvalue weighted by Gasteiger charge is 2.32. The first-order valence-electron chi connectivity index (χ1n) is 10.1. The van der Waals surface area contributed by atoms with Crippen LogP contribution in [0.4, 0.5) is 0 Å². The van der Waals surface area contributed by atoms with Crippen LogP contribution in [-0.4, -0.2) is 65.6 Å². The minimum Gasteiger partial charge on any atom is -0.377 e. The molecule has 0 unspecified atom stereocenters. The molecular weight excluding hydrogens is 473 g/mol. The molecule has 3 N–H and O–H groups in total. The fourth-order valence-corrected chi connectivity index (χ4v) is 5.23. The molecule has 2 aromatic heterocycles. The van der Waals surface area contributed by atoms with Crippen LogP contribution in [0.5, 0.6) is 0 Å². The average molecular weight is 496 g/mol. The van der Waals surface area contributed by atoms with Crippen LogP contribution in [0.15, 0.2) is 24.3 Å². The number of aromatic amines is 1. The third kappa shape index (κ3) is 4.62. The number of thiazole rings is 1. The molecule has 1 aromatic carbocycles. The van der Waals surface area contributed by atoms with Gasteiger partial charge in [0.25, 0.3) is 11.8 Å².